The van der Waals surface area contributed by atoms with Gasteiger partial charge in [-0.25, -0.2) is 9.59 Å². The van der Waals surface area contributed by atoms with Crippen LogP contribution in [0.3, 0.4) is 0 Å². The van der Waals surface area contributed by atoms with Crippen molar-refractivity contribution in [2.24, 2.45) is 0 Å². The summed E-state index contributed by atoms with van der Waals surface area (Å²) in [5.41, 5.74) is 6.34. The molecule has 1 aliphatic rings. The summed E-state index contributed by atoms with van der Waals surface area (Å²) in [4.78, 5) is 21.5. The molecule has 3 heterocycles. The smallest absolute Gasteiger partial charge is 0.328 e. The van der Waals surface area contributed by atoms with E-state index >= 15 is 0 Å². The number of thiophene rings is 1. The average molecular weight is 488 g/mol. The minimum absolute atomic E-state index is 0.435. The van der Waals surface area contributed by atoms with Gasteiger partial charge in [-0.2, -0.15) is 10.2 Å². The average Bonchev–Trinajstić information content (AvgIpc) is 3.26. The summed E-state index contributed by atoms with van der Waals surface area (Å²) in [6, 6.07) is 20.0. The van der Waals surface area contributed by atoms with Gasteiger partial charge in [-0.3, -0.25) is 0 Å². The SMILES string of the molecule is CN1CCC(c2ccc3sccc3c2)c2ccc(-c3cccnn3)cc2C1.O=C(O)C=CC(=O)O. The second-order valence-electron chi connectivity index (χ2n) is 8.33. The van der Waals surface area contributed by atoms with Crippen molar-refractivity contribution in [3.05, 3.63) is 95.0 Å². The van der Waals surface area contributed by atoms with Crippen molar-refractivity contribution in [3.63, 3.8) is 0 Å². The molecule has 0 saturated carbocycles. The molecule has 2 N–H and O–H groups in total. The van der Waals surface area contributed by atoms with Gasteiger partial charge in [0.2, 0.25) is 0 Å². The highest BCUT2D eigenvalue weighted by atomic mass is 32.1. The van der Waals surface area contributed by atoms with Crippen molar-refractivity contribution in [2.45, 2.75) is 18.9 Å². The number of carbonyl (C=O) groups is 2. The fraction of sp³-hybridized carbons (Fsp3) is 0.185. The van der Waals surface area contributed by atoms with Crippen molar-refractivity contribution < 1.29 is 19.8 Å². The molecule has 7 nitrogen and oxygen atoms in total. The largest absolute Gasteiger partial charge is 0.478 e. The number of aliphatic carboxylic acids is 2. The third-order valence-corrected chi connectivity index (χ3v) is 6.77. The predicted molar refractivity (Wildman–Crippen MR) is 136 cm³/mol. The molecule has 0 amide bonds. The molecule has 178 valence electrons. The number of hydrogen-bond acceptors (Lipinski definition) is 6. The first-order chi connectivity index (χ1) is 16.9. The monoisotopic (exact) mass is 487 g/mol. The van der Waals surface area contributed by atoms with Crippen LogP contribution in [0.4, 0.5) is 0 Å². The molecule has 35 heavy (non-hydrogen) atoms. The summed E-state index contributed by atoms with van der Waals surface area (Å²) < 4.78 is 1.36. The Balaban J connectivity index is 0.000000314. The van der Waals surface area contributed by atoms with Gasteiger partial charge in [-0.15, -0.1) is 11.3 Å². The Morgan fingerprint density at radius 2 is 1.86 bits per heavy atom. The molecule has 0 bridgehead atoms. The fourth-order valence-electron chi connectivity index (χ4n) is 4.26. The Labute approximate surface area is 207 Å². The zero-order valence-corrected chi connectivity index (χ0v) is 20.0. The number of rotatable bonds is 4. The summed E-state index contributed by atoms with van der Waals surface area (Å²) in [5, 5.41) is 27.5. The van der Waals surface area contributed by atoms with Gasteiger partial charge < -0.3 is 15.1 Å². The number of carboxylic acid groups (broad SMARTS) is 2. The van der Waals surface area contributed by atoms with Crippen LogP contribution in [0.2, 0.25) is 0 Å². The minimum atomic E-state index is -1.26. The molecule has 0 fully saturated rings. The van der Waals surface area contributed by atoms with Crippen LogP contribution >= 0.6 is 11.3 Å². The highest BCUT2D eigenvalue weighted by Crippen LogP contribution is 2.37. The number of benzene rings is 2. The van der Waals surface area contributed by atoms with Crippen molar-refractivity contribution >= 4 is 33.4 Å². The standard InChI is InChI=1S/C23H21N3S.C4H4O4/c1-26-11-8-21(16-5-7-23-18(13-16)9-12-27-23)20-6-4-17(14-19(20)15-26)22-3-2-10-24-25-22;5-3(6)1-2-4(7)8/h2-7,9-10,12-14,21H,8,11,15H2,1H3;1-2H,(H,5,6)(H,7,8). The molecule has 5 rings (SSSR count). The van der Waals surface area contributed by atoms with Gasteiger partial charge in [-0.1, -0.05) is 18.2 Å². The Morgan fingerprint density at radius 1 is 1.06 bits per heavy atom. The van der Waals surface area contributed by atoms with E-state index < -0.39 is 11.9 Å². The van der Waals surface area contributed by atoms with E-state index in [9.17, 15) is 9.59 Å². The van der Waals surface area contributed by atoms with E-state index in [0.717, 1.165) is 30.8 Å². The number of hydrogen-bond donors (Lipinski definition) is 2. The normalized spacial score (nSPS) is 15.7. The lowest BCUT2D eigenvalue weighted by atomic mass is 9.85. The van der Waals surface area contributed by atoms with Gasteiger partial charge in [0.25, 0.3) is 0 Å². The molecule has 8 heteroatoms. The molecular weight excluding hydrogens is 462 g/mol. The van der Waals surface area contributed by atoms with E-state index in [1.807, 2.05) is 23.5 Å². The summed E-state index contributed by atoms with van der Waals surface area (Å²) in [5.74, 6) is -2.08. The molecule has 0 aliphatic carbocycles. The van der Waals surface area contributed by atoms with Crippen molar-refractivity contribution in [1.29, 1.82) is 0 Å². The highest BCUT2D eigenvalue weighted by Gasteiger charge is 2.23. The zero-order chi connectivity index (χ0) is 24.8. The van der Waals surface area contributed by atoms with Crippen LogP contribution in [0.15, 0.2) is 78.3 Å². The first kappa shape index (κ1) is 24.3. The van der Waals surface area contributed by atoms with E-state index in [1.165, 1.54) is 26.8 Å². The van der Waals surface area contributed by atoms with Crippen molar-refractivity contribution in [3.8, 4) is 11.3 Å². The van der Waals surface area contributed by atoms with Gasteiger partial charge in [0.05, 0.1) is 5.69 Å². The summed E-state index contributed by atoms with van der Waals surface area (Å²) in [6.45, 7) is 2.07. The Hall–Kier alpha value is -3.88. The van der Waals surface area contributed by atoms with E-state index in [0.29, 0.717) is 18.1 Å². The molecule has 0 spiro atoms. The van der Waals surface area contributed by atoms with E-state index in [2.05, 4.69) is 70.0 Å². The van der Waals surface area contributed by atoms with E-state index in [4.69, 9.17) is 10.2 Å². The third kappa shape index (κ3) is 6.17. The second kappa shape index (κ2) is 11.0. The summed E-state index contributed by atoms with van der Waals surface area (Å²) in [7, 11) is 2.21. The van der Waals surface area contributed by atoms with Gasteiger partial charge in [-0.05, 0) is 83.9 Å². The highest BCUT2D eigenvalue weighted by molar-refractivity contribution is 7.17. The Bertz CT molecular complexity index is 1350. The number of nitrogens with zero attached hydrogens (tertiary/aromatic N) is 3. The Kier molecular flexibility index (Phi) is 7.64. The lowest BCUT2D eigenvalue weighted by molar-refractivity contribution is -0.134. The topological polar surface area (TPSA) is 104 Å². The van der Waals surface area contributed by atoms with Crippen LogP contribution in [0.25, 0.3) is 21.3 Å². The van der Waals surface area contributed by atoms with Gasteiger partial charge in [0, 0.05) is 41.1 Å². The number of carboxylic acids is 2. The van der Waals surface area contributed by atoms with Gasteiger partial charge in [0.15, 0.2) is 0 Å². The quantitative estimate of drug-likeness (QED) is 0.389. The molecule has 0 radical (unpaired) electrons. The van der Waals surface area contributed by atoms with Crippen LogP contribution in [0.5, 0.6) is 0 Å². The Morgan fingerprint density at radius 3 is 2.57 bits per heavy atom. The summed E-state index contributed by atoms with van der Waals surface area (Å²) >= 11 is 1.81. The first-order valence-electron chi connectivity index (χ1n) is 11.1. The predicted octanol–water partition coefficient (Wildman–Crippen LogP) is 5.04. The van der Waals surface area contributed by atoms with Crippen LogP contribution in [-0.4, -0.2) is 50.8 Å². The van der Waals surface area contributed by atoms with Crippen molar-refractivity contribution in [1.82, 2.24) is 15.1 Å². The van der Waals surface area contributed by atoms with Crippen LogP contribution < -0.4 is 0 Å². The third-order valence-electron chi connectivity index (χ3n) is 5.87. The lowest BCUT2D eigenvalue weighted by Gasteiger charge is -2.19. The van der Waals surface area contributed by atoms with Gasteiger partial charge in [0.1, 0.15) is 0 Å². The molecule has 1 aliphatic heterocycles. The molecular formula is C27H25N3O4S. The lowest BCUT2D eigenvalue weighted by Crippen LogP contribution is -2.17. The fourth-order valence-corrected chi connectivity index (χ4v) is 5.03. The molecule has 0 saturated heterocycles. The molecule has 2 aromatic heterocycles. The van der Waals surface area contributed by atoms with E-state index in [-0.39, 0.29) is 0 Å². The first-order valence-corrected chi connectivity index (χ1v) is 12.0. The molecule has 2 aromatic carbocycles. The summed E-state index contributed by atoms with van der Waals surface area (Å²) in [6.07, 6.45) is 3.98. The van der Waals surface area contributed by atoms with Crippen molar-refractivity contribution in [2.75, 3.05) is 13.6 Å². The second-order valence-corrected chi connectivity index (χ2v) is 9.28. The molecule has 4 aromatic rings. The van der Waals surface area contributed by atoms with Crippen LogP contribution in [0.1, 0.15) is 29.0 Å². The van der Waals surface area contributed by atoms with Gasteiger partial charge >= 0.3 is 11.9 Å². The molecule has 1 atom stereocenters. The van der Waals surface area contributed by atoms with E-state index in [1.54, 1.807) is 6.20 Å². The zero-order valence-electron chi connectivity index (χ0n) is 19.2. The number of fused-ring (bicyclic) bond motifs is 2. The maximum atomic E-state index is 9.55. The minimum Gasteiger partial charge on any atom is -0.478 e. The van der Waals surface area contributed by atoms with Crippen LogP contribution in [-0.2, 0) is 16.1 Å². The number of aromatic nitrogens is 2. The molecule has 1 unspecified atom stereocenters. The maximum Gasteiger partial charge on any atom is 0.328 e. The van der Waals surface area contributed by atoms with Crippen LogP contribution in [0, 0.1) is 0 Å². The maximum absolute atomic E-state index is 9.55.